The lowest BCUT2D eigenvalue weighted by Crippen LogP contribution is -2.12. The van der Waals surface area contributed by atoms with Crippen molar-refractivity contribution in [1.29, 1.82) is 0 Å². The summed E-state index contributed by atoms with van der Waals surface area (Å²) in [5, 5.41) is 3.26. The van der Waals surface area contributed by atoms with E-state index in [-0.39, 0.29) is 0 Å². The van der Waals surface area contributed by atoms with Gasteiger partial charge in [-0.2, -0.15) is 0 Å². The first kappa shape index (κ1) is 14.1. The van der Waals surface area contributed by atoms with Crippen LogP contribution in [0.5, 0.6) is 5.75 Å². The molecule has 0 radical (unpaired) electrons. The van der Waals surface area contributed by atoms with Crippen LogP contribution in [-0.2, 0) is 0 Å². The highest BCUT2D eigenvalue weighted by Gasteiger charge is 2.07. The molecule has 0 saturated heterocycles. The molecule has 0 aliphatic heterocycles. The van der Waals surface area contributed by atoms with E-state index in [0.717, 1.165) is 36.0 Å². The van der Waals surface area contributed by atoms with Crippen LogP contribution in [0.25, 0.3) is 0 Å². The monoisotopic (exact) mass is 272 g/mol. The van der Waals surface area contributed by atoms with Crippen LogP contribution < -0.4 is 15.0 Å². The highest BCUT2D eigenvalue weighted by molar-refractivity contribution is 5.62. The SMILES string of the molecule is CCCNc1cc(N(C)c2cccc(OC)c2)ncn1. The molecule has 5 nitrogen and oxygen atoms in total. The second kappa shape index (κ2) is 6.75. The maximum atomic E-state index is 5.25. The number of rotatable bonds is 6. The van der Waals surface area contributed by atoms with Gasteiger partial charge in [0.1, 0.15) is 23.7 Å². The van der Waals surface area contributed by atoms with E-state index < -0.39 is 0 Å². The highest BCUT2D eigenvalue weighted by Crippen LogP contribution is 2.26. The fourth-order valence-electron chi connectivity index (χ4n) is 1.83. The topological polar surface area (TPSA) is 50.3 Å². The molecule has 106 valence electrons. The summed E-state index contributed by atoms with van der Waals surface area (Å²) in [5.41, 5.74) is 1.02. The van der Waals surface area contributed by atoms with Crippen molar-refractivity contribution in [2.75, 3.05) is 30.9 Å². The predicted octanol–water partition coefficient (Wildman–Crippen LogP) is 3.08. The van der Waals surface area contributed by atoms with Crippen LogP contribution in [0, 0.1) is 0 Å². The van der Waals surface area contributed by atoms with Gasteiger partial charge in [-0.05, 0) is 18.6 Å². The first-order chi connectivity index (χ1) is 9.74. The third-order valence-corrected chi connectivity index (χ3v) is 2.99. The van der Waals surface area contributed by atoms with Crippen LogP contribution in [0.15, 0.2) is 36.7 Å². The molecule has 0 unspecified atom stereocenters. The Morgan fingerprint density at radius 1 is 1.25 bits per heavy atom. The van der Waals surface area contributed by atoms with Gasteiger partial charge in [-0.1, -0.05) is 13.0 Å². The average molecular weight is 272 g/mol. The van der Waals surface area contributed by atoms with E-state index in [2.05, 4.69) is 22.2 Å². The van der Waals surface area contributed by atoms with Crippen LogP contribution in [0.2, 0.25) is 0 Å². The molecule has 20 heavy (non-hydrogen) atoms. The summed E-state index contributed by atoms with van der Waals surface area (Å²) in [7, 11) is 3.64. The molecular weight excluding hydrogens is 252 g/mol. The molecule has 5 heteroatoms. The normalized spacial score (nSPS) is 10.2. The van der Waals surface area contributed by atoms with E-state index in [9.17, 15) is 0 Å². The number of anilines is 3. The number of hydrogen-bond donors (Lipinski definition) is 1. The van der Waals surface area contributed by atoms with Gasteiger partial charge in [0.25, 0.3) is 0 Å². The molecule has 0 aliphatic rings. The Morgan fingerprint density at radius 3 is 2.85 bits per heavy atom. The lowest BCUT2D eigenvalue weighted by molar-refractivity contribution is 0.415. The minimum atomic E-state index is 0.827. The van der Waals surface area contributed by atoms with Crippen molar-refractivity contribution in [1.82, 2.24) is 9.97 Å². The van der Waals surface area contributed by atoms with Crippen molar-refractivity contribution in [3.8, 4) is 5.75 Å². The Balaban J connectivity index is 2.21. The summed E-state index contributed by atoms with van der Waals surface area (Å²) in [6.07, 6.45) is 2.63. The van der Waals surface area contributed by atoms with Gasteiger partial charge < -0.3 is 15.0 Å². The van der Waals surface area contributed by atoms with Crippen LogP contribution in [0.3, 0.4) is 0 Å². The average Bonchev–Trinajstić information content (AvgIpc) is 2.52. The molecule has 0 atom stereocenters. The van der Waals surface area contributed by atoms with Crippen molar-refractivity contribution in [3.05, 3.63) is 36.7 Å². The summed E-state index contributed by atoms with van der Waals surface area (Å²) in [5.74, 6) is 2.51. The maximum absolute atomic E-state index is 5.25. The number of nitrogens with one attached hydrogen (secondary N) is 1. The zero-order valence-electron chi connectivity index (χ0n) is 12.1. The number of hydrogen-bond acceptors (Lipinski definition) is 5. The standard InChI is InChI=1S/C15H20N4O/c1-4-8-16-14-10-15(18-11-17-14)19(2)12-6-5-7-13(9-12)20-3/h5-7,9-11H,4,8H2,1-3H3,(H,16,17,18). The third-order valence-electron chi connectivity index (χ3n) is 2.99. The summed E-state index contributed by atoms with van der Waals surface area (Å²) in [6, 6.07) is 9.81. The number of aromatic nitrogens is 2. The van der Waals surface area contributed by atoms with E-state index in [4.69, 9.17) is 4.74 Å². The van der Waals surface area contributed by atoms with E-state index in [1.165, 1.54) is 0 Å². The van der Waals surface area contributed by atoms with Crippen LogP contribution in [0.1, 0.15) is 13.3 Å². The lowest BCUT2D eigenvalue weighted by Gasteiger charge is -2.19. The van der Waals surface area contributed by atoms with Crippen molar-refractivity contribution in [2.45, 2.75) is 13.3 Å². The molecule has 1 heterocycles. The van der Waals surface area contributed by atoms with Crippen molar-refractivity contribution in [3.63, 3.8) is 0 Å². The molecule has 2 rings (SSSR count). The first-order valence-corrected chi connectivity index (χ1v) is 6.68. The number of ether oxygens (including phenoxy) is 1. The summed E-state index contributed by atoms with van der Waals surface area (Å²) in [4.78, 5) is 10.5. The number of benzene rings is 1. The zero-order valence-corrected chi connectivity index (χ0v) is 12.1. The van der Waals surface area contributed by atoms with Gasteiger partial charge in [-0.15, -0.1) is 0 Å². The van der Waals surface area contributed by atoms with Gasteiger partial charge in [0.15, 0.2) is 0 Å². The fraction of sp³-hybridized carbons (Fsp3) is 0.333. The van der Waals surface area contributed by atoms with Crippen molar-refractivity contribution in [2.24, 2.45) is 0 Å². The van der Waals surface area contributed by atoms with Gasteiger partial charge in [0.05, 0.1) is 7.11 Å². The van der Waals surface area contributed by atoms with Crippen LogP contribution in [-0.4, -0.2) is 30.7 Å². The minimum absolute atomic E-state index is 0.827. The molecule has 1 N–H and O–H groups in total. The van der Waals surface area contributed by atoms with Crippen LogP contribution >= 0.6 is 0 Å². The largest absolute Gasteiger partial charge is 0.497 e. The summed E-state index contributed by atoms with van der Waals surface area (Å²) in [6.45, 7) is 3.02. The predicted molar refractivity (Wildman–Crippen MR) is 81.9 cm³/mol. The Morgan fingerprint density at radius 2 is 2.10 bits per heavy atom. The number of methoxy groups -OCH3 is 1. The molecule has 1 aromatic heterocycles. The van der Waals surface area contributed by atoms with Gasteiger partial charge in [0.2, 0.25) is 0 Å². The molecule has 0 fully saturated rings. The van der Waals surface area contributed by atoms with E-state index in [0.29, 0.717) is 0 Å². The Bertz CT molecular complexity index is 559. The summed E-state index contributed by atoms with van der Waals surface area (Å²) < 4.78 is 5.25. The molecule has 1 aromatic carbocycles. The molecule has 0 spiro atoms. The molecule has 2 aromatic rings. The molecule has 0 bridgehead atoms. The van der Waals surface area contributed by atoms with Gasteiger partial charge in [-0.3, -0.25) is 0 Å². The first-order valence-electron chi connectivity index (χ1n) is 6.68. The molecule has 0 amide bonds. The Hall–Kier alpha value is -2.30. The minimum Gasteiger partial charge on any atom is -0.497 e. The third kappa shape index (κ3) is 3.38. The van der Waals surface area contributed by atoms with Gasteiger partial charge in [-0.25, -0.2) is 9.97 Å². The van der Waals surface area contributed by atoms with Gasteiger partial charge in [0, 0.05) is 31.4 Å². The maximum Gasteiger partial charge on any atom is 0.138 e. The molecule has 0 saturated carbocycles. The second-order valence-electron chi connectivity index (χ2n) is 4.45. The smallest absolute Gasteiger partial charge is 0.138 e. The fourth-order valence-corrected chi connectivity index (χ4v) is 1.83. The highest BCUT2D eigenvalue weighted by atomic mass is 16.5. The van der Waals surface area contributed by atoms with E-state index >= 15 is 0 Å². The summed E-state index contributed by atoms with van der Waals surface area (Å²) >= 11 is 0. The van der Waals surface area contributed by atoms with Crippen LogP contribution in [0.4, 0.5) is 17.3 Å². The molecular formula is C15H20N4O. The second-order valence-corrected chi connectivity index (χ2v) is 4.45. The van der Waals surface area contributed by atoms with Crippen molar-refractivity contribution >= 4 is 17.3 Å². The Kier molecular flexibility index (Phi) is 4.76. The quantitative estimate of drug-likeness (QED) is 0.875. The number of nitrogens with zero attached hydrogens (tertiary/aromatic N) is 3. The Labute approximate surface area is 119 Å². The lowest BCUT2D eigenvalue weighted by atomic mass is 10.2. The van der Waals surface area contributed by atoms with E-state index in [1.807, 2.05) is 42.3 Å². The van der Waals surface area contributed by atoms with Crippen molar-refractivity contribution < 1.29 is 4.74 Å². The van der Waals surface area contributed by atoms with E-state index in [1.54, 1.807) is 13.4 Å². The van der Waals surface area contributed by atoms with Gasteiger partial charge >= 0.3 is 0 Å². The zero-order chi connectivity index (χ0) is 14.4. The molecule has 0 aliphatic carbocycles.